The van der Waals surface area contributed by atoms with Gasteiger partial charge >= 0.3 is 12.1 Å². The molecule has 7 heteroatoms. The zero-order chi connectivity index (χ0) is 13.1. The van der Waals surface area contributed by atoms with E-state index < -0.39 is 18.4 Å². The molecule has 1 amide bonds. The molecule has 100 valence electrons. The second-order valence-corrected chi connectivity index (χ2v) is 3.97. The smallest absolute Gasteiger partial charge is 0.356 e. The standard InChI is InChI=1S/C10H16F3NO3/c1-16-8(17-2)7-3-5-14(6-4-7)9(15)10(11,12)13/h7-8H,3-6H2,1-2H3. The summed E-state index contributed by atoms with van der Waals surface area (Å²) >= 11 is 0. The third kappa shape index (κ3) is 3.57. The zero-order valence-electron chi connectivity index (χ0n) is 9.79. The fourth-order valence-electron chi connectivity index (χ4n) is 2.04. The van der Waals surface area contributed by atoms with Crippen LogP contribution in [0.2, 0.25) is 0 Å². The number of carbonyl (C=O) groups excluding carboxylic acids is 1. The van der Waals surface area contributed by atoms with Gasteiger partial charge in [0.1, 0.15) is 0 Å². The first-order valence-electron chi connectivity index (χ1n) is 5.31. The molecule has 0 radical (unpaired) electrons. The Balaban J connectivity index is 2.48. The second kappa shape index (κ2) is 5.68. The van der Waals surface area contributed by atoms with Crippen LogP contribution in [0, 0.1) is 5.92 Å². The summed E-state index contributed by atoms with van der Waals surface area (Å²) in [6.07, 6.45) is -4.30. The first-order chi connectivity index (χ1) is 7.90. The van der Waals surface area contributed by atoms with Crippen molar-refractivity contribution in [2.24, 2.45) is 5.92 Å². The van der Waals surface area contributed by atoms with Crippen molar-refractivity contribution in [1.29, 1.82) is 0 Å². The van der Waals surface area contributed by atoms with Crippen molar-refractivity contribution in [2.45, 2.75) is 25.3 Å². The van der Waals surface area contributed by atoms with E-state index >= 15 is 0 Å². The summed E-state index contributed by atoms with van der Waals surface area (Å²) in [5.74, 6) is -1.73. The molecule has 1 rings (SSSR count). The fourth-order valence-corrected chi connectivity index (χ4v) is 2.04. The van der Waals surface area contributed by atoms with Crippen LogP contribution < -0.4 is 0 Å². The van der Waals surface area contributed by atoms with Gasteiger partial charge in [0, 0.05) is 33.2 Å². The second-order valence-electron chi connectivity index (χ2n) is 3.97. The highest BCUT2D eigenvalue weighted by molar-refractivity contribution is 5.81. The van der Waals surface area contributed by atoms with E-state index in [9.17, 15) is 18.0 Å². The topological polar surface area (TPSA) is 38.8 Å². The van der Waals surface area contributed by atoms with Gasteiger partial charge in [-0.25, -0.2) is 0 Å². The molecule has 0 aromatic rings. The molecule has 0 aromatic carbocycles. The van der Waals surface area contributed by atoms with Crippen molar-refractivity contribution < 1.29 is 27.4 Å². The van der Waals surface area contributed by atoms with Gasteiger partial charge in [0.05, 0.1) is 0 Å². The maximum Gasteiger partial charge on any atom is 0.471 e. The molecule has 1 aliphatic rings. The number of alkyl halides is 3. The van der Waals surface area contributed by atoms with Crippen LogP contribution in [0.15, 0.2) is 0 Å². The third-order valence-electron chi connectivity index (χ3n) is 2.92. The lowest BCUT2D eigenvalue weighted by Crippen LogP contribution is -2.47. The molecule has 0 atom stereocenters. The quantitative estimate of drug-likeness (QED) is 0.716. The Morgan fingerprint density at radius 3 is 2.06 bits per heavy atom. The molecule has 1 fully saturated rings. The number of hydrogen-bond acceptors (Lipinski definition) is 3. The predicted molar refractivity (Wildman–Crippen MR) is 53.2 cm³/mol. The van der Waals surface area contributed by atoms with Crippen LogP contribution in [0.5, 0.6) is 0 Å². The number of amides is 1. The molecule has 0 unspecified atom stereocenters. The molecule has 0 bridgehead atoms. The van der Waals surface area contributed by atoms with E-state index in [2.05, 4.69) is 0 Å². The number of halogens is 3. The largest absolute Gasteiger partial charge is 0.471 e. The maximum absolute atomic E-state index is 12.2. The van der Waals surface area contributed by atoms with E-state index in [-0.39, 0.29) is 19.0 Å². The molecule has 0 aromatic heterocycles. The monoisotopic (exact) mass is 255 g/mol. The lowest BCUT2D eigenvalue weighted by atomic mass is 9.96. The Morgan fingerprint density at radius 2 is 1.71 bits per heavy atom. The van der Waals surface area contributed by atoms with Gasteiger partial charge in [-0.1, -0.05) is 0 Å². The molecule has 0 aliphatic carbocycles. The molecular weight excluding hydrogens is 239 g/mol. The summed E-state index contributed by atoms with van der Waals surface area (Å²) in [7, 11) is 2.98. The molecular formula is C10H16F3NO3. The van der Waals surface area contributed by atoms with Crippen LogP contribution in [0.3, 0.4) is 0 Å². The van der Waals surface area contributed by atoms with Gasteiger partial charge in [-0.15, -0.1) is 0 Å². The van der Waals surface area contributed by atoms with Gasteiger partial charge in [0.2, 0.25) is 0 Å². The lowest BCUT2D eigenvalue weighted by molar-refractivity contribution is -0.190. The average molecular weight is 255 g/mol. The predicted octanol–water partition coefficient (Wildman–Crippen LogP) is 1.41. The minimum absolute atomic E-state index is 0.0299. The van der Waals surface area contributed by atoms with Crippen molar-refractivity contribution in [2.75, 3.05) is 27.3 Å². The van der Waals surface area contributed by atoms with E-state index in [1.165, 1.54) is 14.2 Å². The SMILES string of the molecule is COC(OC)C1CCN(C(=O)C(F)(F)F)CC1. The number of piperidine rings is 1. The number of methoxy groups -OCH3 is 2. The van der Waals surface area contributed by atoms with Crippen LogP contribution in [-0.2, 0) is 14.3 Å². The van der Waals surface area contributed by atoms with Gasteiger partial charge in [0.15, 0.2) is 6.29 Å². The number of nitrogens with zero attached hydrogens (tertiary/aromatic N) is 1. The molecule has 0 saturated carbocycles. The number of hydrogen-bond donors (Lipinski definition) is 0. The minimum Gasteiger partial charge on any atom is -0.356 e. The average Bonchev–Trinajstić information content (AvgIpc) is 2.29. The Hall–Kier alpha value is -0.820. The molecule has 1 heterocycles. The van der Waals surface area contributed by atoms with E-state index in [0.29, 0.717) is 12.8 Å². The number of rotatable bonds is 3. The highest BCUT2D eigenvalue weighted by Crippen LogP contribution is 2.26. The summed E-state index contributed by atoms with van der Waals surface area (Å²) in [5, 5.41) is 0. The van der Waals surface area contributed by atoms with Gasteiger partial charge < -0.3 is 14.4 Å². The summed E-state index contributed by atoms with van der Waals surface area (Å²) in [5.41, 5.74) is 0. The maximum atomic E-state index is 12.2. The van der Waals surface area contributed by atoms with Crippen molar-refractivity contribution in [1.82, 2.24) is 4.90 Å². The van der Waals surface area contributed by atoms with E-state index in [1.807, 2.05) is 0 Å². The van der Waals surface area contributed by atoms with Crippen LogP contribution in [0.25, 0.3) is 0 Å². The Morgan fingerprint density at radius 1 is 1.24 bits per heavy atom. The Labute approximate surface area is 97.7 Å². The van der Waals surface area contributed by atoms with Crippen LogP contribution in [0.4, 0.5) is 13.2 Å². The van der Waals surface area contributed by atoms with Crippen molar-refractivity contribution in [3.63, 3.8) is 0 Å². The van der Waals surface area contributed by atoms with Gasteiger partial charge in [-0.2, -0.15) is 13.2 Å². The number of carbonyl (C=O) groups is 1. The highest BCUT2D eigenvalue weighted by atomic mass is 19.4. The van der Waals surface area contributed by atoms with Crippen molar-refractivity contribution >= 4 is 5.91 Å². The summed E-state index contributed by atoms with van der Waals surface area (Å²) in [4.78, 5) is 11.8. The zero-order valence-corrected chi connectivity index (χ0v) is 9.79. The molecule has 0 spiro atoms. The first kappa shape index (κ1) is 14.2. The van der Waals surface area contributed by atoms with Crippen LogP contribution >= 0.6 is 0 Å². The first-order valence-corrected chi connectivity index (χ1v) is 5.31. The molecule has 1 aliphatic heterocycles. The number of likely N-dealkylation sites (tertiary alicyclic amines) is 1. The minimum atomic E-state index is -4.78. The lowest BCUT2D eigenvalue weighted by Gasteiger charge is -2.34. The summed E-state index contributed by atoms with van der Waals surface area (Å²) in [6, 6.07) is 0. The van der Waals surface area contributed by atoms with Crippen LogP contribution in [-0.4, -0.2) is 50.6 Å². The van der Waals surface area contributed by atoms with E-state index in [1.54, 1.807) is 0 Å². The molecule has 17 heavy (non-hydrogen) atoms. The molecule has 1 saturated heterocycles. The van der Waals surface area contributed by atoms with Crippen molar-refractivity contribution in [3.8, 4) is 0 Å². The van der Waals surface area contributed by atoms with E-state index in [0.717, 1.165) is 4.90 Å². The van der Waals surface area contributed by atoms with Crippen molar-refractivity contribution in [3.05, 3.63) is 0 Å². The molecule has 0 N–H and O–H groups in total. The Kier molecular flexibility index (Phi) is 4.76. The number of ether oxygens (including phenoxy) is 2. The Bertz CT molecular complexity index is 258. The summed E-state index contributed by atoms with van der Waals surface area (Å²) < 4.78 is 46.7. The van der Waals surface area contributed by atoms with E-state index in [4.69, 9.17) is 9.47 Å². The normalized spacial score (nSPS) is 18.8. The third-order valence-corrected chi connectivity index (χ3v) is 2.92. The van der Waals surface area contributed by atoms with Crippen LogP contribution in [0.1, 0.15) is 12.8 Å². The van der Waals surface area contributed by atoms with Gasteiger partial charge in [-0.05, 0) is 12.8 Å². The summed E-state index contributed by atoms with van der Waals surface area (Å²) in [6.45, 7) is 0.179. The highest BCUT2D eigenvalue weighted by Gasteiger charge is 2.43. The fraction of sp³-hybridized carbons (Fsp3) is 0.900. The van der Waals surface area contributed by atoms with Gasteiger partial charge in [0.25, 0.3) is 0 Å². The molecule has 4 nitrogen and oxygen atoms in total. The van der Waals surface area contributed by atoms with Gasteiger partial charge in [-0.3, -0.25) is 4.79 Å².